The minimum absolute atomic E-state index is 0.214. The third kappa shape index (κ3) is 3.87. The first-order valence-corrected chi connectivity index (χ1v) is 2.69. The summed E-state index contributed by atoms with van der Waals surface area (Å²) in [5, 5.41) is 0. The van der Waals surface area contributed by atoms with Gasteiger partial charge in [0.15, 0.2) is 16.3 Å². The van der Waals surface area contributed by atoms with Crippen molar-refractivity contribution in [3.05, 3.63) is 24.7 Å². The van der Waals surface area contributed by atoms with E-state index in [9.17, 15) is 4.39 Å². The van der Waals surface area contributed by atoms with Crippen molar-refractivity contribution in [2.75, 3.05) is 0 Å². The second-order valence-corrected chi connectivity index (χ2v) is 1.52. The van der Waals surface area contributed by atoms with E-state index < -0.39 is 0 Å². The van der Waals surface area contributed by atoms with Gasteiger partial charge in [-0.3, -0.25) is 0 Å². The molecule has 0 aliphatic heterocycles. The normalized spacial score (nSPS) is 11.0. The molecule has 0 atom stereocenters. The van der Waals surface area contributed by atoms with E-state index in [2.05, 4.69) is 26.7 Å². The van der Waals surface area contributed by atoms with Gasteiger partial charge < -0.3 is 3.83 Å². The summed E-state index contributed by atoms with van der Waals surface area (Å²) in [6.07, 6.45) is 2.64. The third-order valence-electron chi connectivity index (χ3n) is 0.512. The van der Waals surface area contributed by atoms with Gasteiger partial charge in [0.2, 0.25) is 0 Å². The minimum Gasteiger partial charge on any atom is -0.423 e. The highest BCUT2D eigenvalue weighted by Gasteiger charge is 1.86. The molecule has 8 heavy (non-hydrogen) atoms. The smallest absolute Gasteiger partial charge is 0.178 e. The molecule has 3 heteroatoms. The number of hydrogen-bond donors (Lipinski definition) is 0. The van der Waals surface area contributed by atoms with Gasteiger partial charge in [-0.25, -0.2) is 4.39 Å². The zero-order valence-corrected chi connectivity index (χ0v) is 5.82. The van der Waals surface area contributed by atoms with E-state index in [0.29, 0.717) is 0 Å². The Balaban J connectivity index is 3.44. The maximum atomic E-state index is 12.0. The van der Waals surface area contributed by atoms with Crippen LogP contribution in [0.5, 0.6) is 0 Å². The van der Waals surface area contributed by atoms with Crippen LogP contribution < -0.4 is 0 Å². The van der Waals surface area contributed by atoms with Crippen LogP contribution in [0.4, 0.5) is 4.39 Å². The molecule has 0 aliphatic rings. The maximum absolute atomic E-state index is 12.0. The summed E-state index contributed by atoms with van der Waals surface area (Å²) in [7, 11) is 0. The van der Waals surface area contributed by atoms with Crippen molar-refractivity contribution < 1.29 is 8.22 Å². The standard InChI is InChI=1S/C5H6BrFO/c1-2-3-5(7)4-8-6/h2,4H,1,3H2. The fourth-order valence-corrected chi connectivity index (χ4v) is 0.437. The molecule has 0 rings (SSSR count). The van der Waals surface area contributed by atoms with E-state index >= 15 is 0 Å². The zero-order valence-electron chi connectivity index (χ0n) is 4.23. The Bertz CT molecular complexity index is 101. The lowest BCUT2D eigenvalue weighted by Gasteiger charge is -1.85. The van der Waals surface area contributed by atoms with E-state index in [1.807, 2.05) is 0 Å². The van der Waals surface area contributed by atoms with E-state index in [1.54, 1.807) is 0 Å². The van der Waals surface area contributed by atoms with Crippen LogP contribution in [0.15, 0.2) is 24.7 Å². The largest absolute Gasteiger partial charge is 0.423 e. The Morgan fingerprint density at radius 1 is 1.88 bits per heavy atom. The molecule has 0 aromatic heterocycles. The third-order valence-corrected chi connectivity index (χ3v) is 0.699. The van der Waals surface area contributed by atoms with Crippen LogP contribution >= 0.6 is 16.3 Å². The summed E-state index contributed by atoms with van der Waals surface area (Å²) < 4.78 is 16.2. The lowest BCUT2D eigenvalue weighted by Crippen LogP contribution is -1.67. The Morgan fingerprint density at radius 2 is 2.50 bits per heavy atom. The predicted molar refractivity (Wildman–Crippen MR) is 34.0 cm³/mol. The zero-order chi connectivity index (χ0) is 6.41. The lowest BCUT2D eigenvalue weighted by molar-refractivity contribution is 0.522. The Hall–Kier alpha value is -0.310. The van der Waals surface area contributed by atoms with Crippen LogP contribution in [0.3, 0.4) is 0 Å². The van der Waals surface area contributed by atoms with Crippen LogP contribution in [0.1, 0.15) is 6.42 Å². The van der Waals surface area contributed by atoms with Crippen molar-refractivity contribution in [3.8, 4) is 0 Å². The molecular formula is C5H6BrFO. The first-order valence-electron chi connectivity index (χ1n) is 2.04. The molecule has 0 saturated carbocycles. The average molecular weight is 181 g/mol. The molecule has 0 spiro atoms. The van der Waals surface area contributed by atoms with Crippen LogP contribution in [0, 0.1) is 0 Å². The van der Waals surface area contributed by atoms with Gasteiger partial charge in [0.1, 0.15) is 12.1 Å². The van der Waals surface area contributed by atoms with Crippen molar-refractivity contribution in [2.45, 2.75) is 6.42 Å². The van der Waals surface area contributed by atoms with Crippen molar-refractivity contribution >= 4 is 16.3 Å². The molecule has 0 amide bonds. The Kier molecular flexibility index (Phi) is 4.65. The van der Waals surface area contributed by atoms with Crippen molar-refractivity contribution in [1.82, 2.24) is 0 Å². The Labute approximate surface area is 56.3 Å². The number of hydrogen-bond acceptors (Lipinski definition) is 1. The number of allylic oxidation sites excluding steroid dienone is 2. The summed E-state index contributed by atoms with van der Waals surface area (Å²) in [6.45, 7) is 3.33. The molecule has 0 aromatic rings. The monoisotopic (exact) mass is 180 g/mol. The highest BCUT2D eigenvalue weighted by Crippen LogP contribution is 2.03. The quantitative estimate of drug-likeness (QED) is 0.480. The van der Waals surface area contributed by atoms with Gasteiger partial charge in [0.25, 0.3) is 0 Å². The second kappa shape index (κ2) is 4.84. The molecular weight excluding hydrogens is 175 g/mol. The first-order chi connectivity index (χ1) is 3.81. The molecule has 0 fully saturated rings. The minimum atomic E-state index is -0.350. The van der Waals surface area contributed by atoms with Gasteiger partial charge in [0.05, 0.1) is 0 Å². The molecule has 0 saturated heterocycles. The van der Waals surface area contributed by atoms with Crippen molar-refractivity contribution in [2.24, 2.45) is 0 Å². The molecule has 46 valence electrons. The Morgan fingerprint density at radius 3 is 2.88 bits per heavy atom. The van der Waals surface area contributed by atoms with Crippen LogP contribution in [0.25, 0.3) is 0 Å². The van der Waals surface area contributed by atoms with E-state index in [1.165, 1.54) is 6.08 Å². The van der Waals surface area contributed by atoms with Gasteiger partial charge in [-0.15, -0.1) is 6.58 Å². The van der Waals surface area contributed by atoms with Crippen LogP contribution in [0.2, 0.25) is 0 Å². The highest BCUT2D eigenvalue weighted by molar-refractivity contribution is 9.06. The van der Waals surface area contributed by atoms with E-state index in [4.69, 9.17) is 0 Å². The SMILES string of the molecule is C=CCC(F)=COBr. The number of rotatable bonds is 3. The fraction of sp³-hybridized carbons (Fsp3) is 0.200. The summed E-state index contributed by atoms with van der Waals surface area (Å²) in [5.74, 6) is -0.350. The molecule has 0 heterocycles. The highest BCUT2D eigenvalue weighted by atomic mass is 79.9. The summed E-state index contributed by atoms with van der Waals surface area (Å²) in [5.41, 5.74) is 0. The summed E-state index contributed by atoms with van der Waals surface area (Å²) in [4.78, 5) is 0. The average Bonchev–Trinajstić information content (AvgIpc) is 1.68. The first kappa shape index (κ1) is 7.69. The topological polar surface area (TPSA) is 9.23 Å². The van der Waals surface area contributed by atoms with E-state index in [-0.39, 0.29) is 12.2 Å². The second-order valence-electron chi connectivity index (χ2n) is 1.15. The number of halogens is 2. The van der Waals surface area contributed by atoms with Gasteiger partial charge in [0, 0.05) is 6.42 Å². The summed E-state index contributed by atoms with van der Waals surface area (Å²) >= 11 is 2.57. The predicted octanol–water partition coefficient (Wildman–Crippen LogP) is 2.70. The van der Waals surface area contributed by atoms with Crippen molar-refractivity contribution in [1.29, 1.82) is 0 Å². The molecule has 0 unspecified atom stereocenters. The molecule has 0 N–H and O–H groups in total. The summed E-state index contributed by atoms with van der Waals surface area (Å²) in [6, 6.07) is 0. The van der Waals surface area contributed by atoms with Crippen molar-refractivity contribution in [3.63, 3.8) is 0 Å². The molecule has 0 bridgehead atoms. The van der Waals surface area contributed by atoms with Gasteiger partial charge in [-0.05, 0) is 0 Å². The van der Waals surface area contributed by atoms with E-state index in [0.717, 1.165) is 6.26 Å². The van der Waals surface area contributed by atoms with Gasteiger partial charge in [-0.2, -0.15) is 0 Å². The molecule has 1 nitrogen and oxygen atoms in total. The fourth-order valence-electron chi connectivity index (χ4n) is 0.234. The molecule has 0 aromatic carbocycles. The van der Waals surface area contributed by atoms with Gasteiger partial charge in [-0.1, -0.05) is 6.08 Å². The molecule has 0 radical (unpaired) electrons. The van der Waals surface area contributed by atoms with Crippen LogP contribution in [-0.4, -0.2) is 0 Å². The maximum Gasteiger partial charge on any atom is 0.178 e. The lowest BCUT2D eigenvalue weighted by atomic mass is 10.4. The van der Waals surface area contributed by atoms with Crippen LogP contribution in [-0.2, 0) is 3.83 Å². The molecule has 0 aliphatic carbocycles. The van der Waals surface area contributed by atoms with Gasteiger partial charge >= 0.3 is 0 Å².